The van der Waals surface area contributed by atoms with Gasteiger partial charge in [-0.2, -0.15) is 0 Å². The zero-order valence-electron chi connectivity index (χ0n) is 15.1. The number of carboxylic acid groups (broad SMARTS) is 1. The maximum absolute atomic E-state index is 11.7. The minimum atomic E-state index is -1.07. The molecular formula is C16H23N3O8. The highest BCUT2D eigenvalue weighted by atomic mass is 16.6. The standard InChI is InChI=1S/C16H23N3O8/c1-25-13-7-10(12(19(23)24)8-14(13)26-2)9-27-16(22)18-6-4-3-5-11(17)15(20)21/h7-8,11H,3-6,9,17H2,1-2H3,(H,18,22)(H,20,21)/t11-/m0/s1. The molecule has 1 amide bonds. The number of methoxy groups -OCH3 is 2. The van der Waals surface area contributed by atoms with Gasteiger partial charge < -0.3 is 30.4 Å². The van der Waals surface area contributed by atoms with Crippen LogP contribution in [0.2, 0.25) is 0 Å². The molecule has 0 saturated heterocycles. The van der Waals surface area contributed by atoms with Crippen molar-refractivity contribution < 1.29 is 33.8 Å². The summed E-state index contributed by atoms with van der Waals surface area (Å²) < 4.78 is 15.1. The first-order valence-electron chi connectivity index (χ1n) is 8.08. The Labute approximate surface area is 155 Å². The van der Waals surface area contributed by atoms with Crippen molar-refractivity contribution in [2.24, 2.45) is 5.73 Å². The molecule has 27 heavy (non-hydrogen) atoms. The summed E-state index contributed by atoms with van der Waals surface area (Å²) in [6.07, 6.45) is 0.590. The average molecular weight is 385 g/mol. The van der Waals surface area contributed by atoms with Gasteiger partial charge in [-0.05, 0) is 25.3 Å². The summed E-state index contributed by atoms with van der Waals surface area (Å²) in [5.41, 5.74) is 5.26. The van der Waals surface area contributed by atoms with Gasteiger partial charge in [-0.3, -0.25) is 14.9 Å². The molecule has 4 N–H and O–H groups in total. The van der Waals surface area contributed by atoms with Crippen molar-refractivity contribution in [3.63, 3.8) is 0 Å². The third kappa shape index (κ3) is 6.98. The minimum Gasteiger partial charge on any atom is -0.493 e. The van der Waals surface area contributed by atoms with E-state index < -0.39 is 23.0 Å². The van der Waals surface area contributed by atoms with Crippen LogP contribution >= 0.6 is 0 Å². The van der Waals surface area contributed by atoms with Crippen LogP contribution in [-0.4, -0.2) is 48.9 Å². The number of nitrogens with two attached hydrogens (primary N) is 1. The molecule has 1 aromatic rings. The van der Waals surface area contributed by atoms with Crippen molar-refractivity contribution >= 4 is 17.7 Å². The minimum absolute atomic E-state index is 0.153. The maximum atomic E-state index is 11.7. The van der Waals surface area contributed by atoms with Crippen LogP contribution in [0.1, 0.15) is 24.8 Å². The highest BCUT2D eigenvalue weighted by molar-refractivity contribution is 5.72. The fourth-order valence-corrected chi connectivity index (χ4v) is 2.19. The van der Waals surface area contributed by atoms with Gasteiger partial charge in [0.1, 0.15) is 12.6 Å². The van der Waals surface area contributed by atoms with Gasteiger partial charge in [0, 0.05) is 6.54 Å². The number of carboxylic acids is 1. The molecule has 0 bridgehead atoms. The third-order valence-electron chi connectivity index (χ3n) is 3.67. The quantitative estimate of drug-likeness (QED) is 0.290. The molecule has 0 saturated carbocycles. The number of nitro benzene ring substituents is 1. The van der Waals surface area contributed by atoms with Crippen LogP contribution in [0, 0.1) is 10.1 Å². The molecule has 0 unspecified atom stereocenters. The van der Waals surface area contributed by atoms with E-state index in [-0.39, 0.29) is 35.9 Å². The molecule has 1 rings (SSSR count). The summed E-state index contributed by atoms with van der Waals surface area (Å²) in [5, 5.41) is 22.3. The fraction of sp³-hybridized carbons (Fsp3) is 0.500. The molecule has 0 aliphatic carbocycles. The SMILES string of the molecule is COc1cc(COC(=O)NCCCC[C@H](N)C(=O)O)c([N+](=O)[O-])cc1OC. The zero-order valence-corrected chi connectivity index (χ0v) is 15.1. The highest BCUT2D eigenvalue weighted by Gasteiger charge is 2.20. The third-order valence-corrected chi connectivity index (χ3v) is 3.67. The van der Waals surface area contributed by atoms with Gasteiger partial charge in [-0.15, -0.1) is 0 Å². The Balaban J connectivity index is 2.53. The van der Waals surface area contributed by atoms with Crippen molar-refractivity contribution in [1.29, 1.82) is 0 Å². The van der Waals surface area contributed by atoms with Crippen LogP contribution < -0.4 is 20.5 Å². The van der Waals surface area contributed by atoms with Crippen LogP contribution in [0.3, 0.4) is 0 Å². The van der Waals surface area contributed by atoms with E-state index in [0.717, 1.165) is 0 Å². The zero-order chi connectivity index (χ0) is 20.4. The van der Waals surface area contributed by atoms with E-state index in [9.17, 15) is 19.7 Å². The molecule has 0 spiro atoms. The van der Waals surface area contributed by atoms with Crippen LogP contribution in [0.15, 0.2) is 12.1 Å². The predicted molar refractivity (Wildman–Crippen MR) is 93.9 cm³/mol. The number of aliphatic carboxylic acids is 1. The lowest BCUT2D eigenvalue weighted by atomic mass is 10.1. The first-order valence-corrected chi connectivity index (χ1v) is 8.08. The number of nitro groups is 1. The molecule has 150 valence electrons. The number of ether oxygens (including phenoxy) is 3. The Kier molecular flexibility index (Phi) is 8.79. The molecule has 11 heteroatoms. The molecular weight excluding hydrogens is 362 g/mol. The topological polar surface area (TPSA) is 163 Å². The molecule has 1 atom stereocenters. The highest BCUT2D eigenvalue weighted by Crippen LogP contribution is 2.34. The van der Waals surface area contributed by atoms with Gasteiger partial charge in [0.15, 0.2) is 11.5 Å². The summed E-state index contributed by atoms with van der Waals surface area (Å²) in [4.78, 5) is 32.9. The Bertz CT molecular complexity index is 680. The molecule has 0 radical (unpaired) electrons. The summed E-state index contributed by atoms with van der Waals surface area (Å²) in [7, 11) is 2.74. The Morgan fingerprint density at radius 3 is 2.44 bits per heavy atom. The summed E-state index contributed by atoms with van der Waals surface area (Å²) in [5.74, 6) is -0.604. The van der Waals surface area contributed by atoms with E-state index in [0.29, 0.717) is 19.3 Å². The summed E-state index contributed by atoms with van der Waals surface area (Å²) in [6, 6.07) is 1.64. The average Bonchev–Trinajstić information content (AvgIpc) is 2.64. The van der Waals surface area contributed by atoms with Crippen molar-refractivity contribution in [3.05, 3.63) is 27.8 Å². The number of carbonyl (C=O) groups excluding carboxylic acids is 1. The smallest absolute Gasteiger partial charge is 0.407 e. The van der Waals surface area contributed by atoms with Crippen molar-refractivity contribution in [3.8, 4) is 11.5 Å². The van der Waals surface area contributed by atoms with E-state index in [1.165, 1.54) is 26.4 Å². The Hall–Kier alpha value is -3.08. The van der Waals surface area contributed by atoms with E-state index in [1.54, 1.807) is 0 Å². The molecule has 0 fully saturated rings. The van der Waals surface area contributed by atoms with Gasteiger partial charge >= 0.3 is 12.1 Å². The fourth-order valence-electron chi connectivity index (χ4n) is 2.19. The van der Waals surface area contributed by atoms with Crippen molar-refractivity contribution in [2.45, 2.75) is 31.9 Å². The number of amides is 1. The van der Waals surface area contributed by atoms with Crippen LogP contribution in [-0.2, 0) is 16.1 Å². The lowest BCUT2D eigenvalue weighted by Crippen LogP contribution is -2.30. The normalized spacial score (nSPS) is 11.4. The van der Waals surface area contributed by atoms with E-state index in [1.807, 2.05) is 0 Å². The van der Waals surface area contributed by atoms with E-state index >= 15 is 0 Å². The number of carbonyl (C=O) groups is 2. The molecule has 11 nitrogen and oxygen atoms in total. The number of alkyl carbamates (subject to hydrolysis) is 1. The van der Waals surface area contributed by atoms with E-state index in [2.05, 4.69) is 5.32 Å². The number of nitrogens with zero attached hydrogens (tertiary/aromatic N) is 1. The summed E-state index contributed by atoms with van der Waals surface area (Å²) >= 11 is 0. The van der Waals surface area contributed by atoms with Crippen LogP contribution in [0.25, 0.3) is 0 Å². The first kappa shape index (κ1) is 22.0. The number of benzene rings is 1. The van der Waals surface area contributed by atoms with Crippen molar-refractivity contribution in [1.82, 2.24) is 5.32 Å². The molecule has 0 aliphatic heterocycles. The lowest BCUT2D eigenvalue weighted by molar-refractivity contribution is -0.385. The van der Waals surface area contributed by atoms with Crippen molar-refractivity contribution in [2.75, 3.05) is 20.8 Å². The second-order valence-electron chi connectivity index (χ2n) is 5.54. The Morgan fingerprint density at radius 2 is 1.89 bits per heavy atom. The largest absolute Gasteiger partial charge is 0.493 e. The number of rotatable bonds is 11. The second kappa shape index (κ2) is 10.8. The lowest BCUT2D eigenvalue weighted by Gasteiger charge is -2.11. The van der Waals surface area contributed by atoms with Gasteiger partial charge in [0.05, 0.1) is 30.8 Å². The maximum Gasteiger partial charge on any atom is 0.407 e. The van der Waals surface area contributed by atoms with Gasteiger partial charge in [0.2, 0.25) is 0 Å². The number of unbranched alkanes of at least 4 members (excludes halogenated alkanes) is 1. The van der Waals surface area contributed by atoms with Gasteiger partial charge in [0.25, 0.3) is 5.69 Å². The van der Waals surface area contributed by atoms with Crippen LogP contribution in [0.5, 0.6) is 11.5 Å². The van der Waals surface area contributed by atoms with Crippen LogP contribution in [0.4, 0.5) is 10.5 Å². The van der Waals surface area contributed by atoms with Gasteiger partial charge in [-0.1, -0.05) is 0 Å². The van der Waals surface area contributed by atoms with E-state index in [4.69, 9.17) is 25.1 Å². The number of nitrogens with one attached hydrogen (secondary N) is 1. The summed E-state index contributed by atoms with van der Waals surface area (Å²) in [6.45, 7) is -0.0639. The molecule has 0 heterocycles. The number of hydrogen-bond donors (Lipinski definition) is 3. The molecule has 1 aromatic carbocycles. The molecule has 0 aromatic heterocycles. The second-order valence-corrected chi connectivity index (χ2v) is 5.54. The van der Waals surface area contributed by atoms with Gasteiger partial charge in [-0.25, -0.2) is 4.79 Å². The predicted octanol–water partition coefficient (Wildman–Crippen LogP) is 1.42. The Morgan fingerprint density at radius 1 is 1.26 bits per heavy atom. The first-order chi connectivity index (χ1) is 12.8. The molecule has 0 aliphatic rings. The number of hydrogen-bond acceptors (Lipinski definition) is 8. The monoisotopic (exact) mass is 385 g/mol.